The average Bonchev–Trinajstić information content (AvgIpc) is 3.50. The summed E-state index contributed by atoms with van der Waals surface area (Å²) in [5.74, 6) is 1.20. The van der Waals surface area contributed by atoms with Gasteiger partial charge in [-0.3, -0.25) is 4.79 Å². The number of H-pyrrole nitrogens is 1. The van der Waals surface area contributed by atoms with Crippen LogP contribution in [0.1, 0.15) is 34.8 Å². The van der Waals surface area contributed by atoms with Crippen molar-refractivity contribution in [2.75, 3.05) is 10.6 Å². The van der Waals surface area contributed by atoms with Gasteiger partial charge in [-0.05, 0) is 48.6 Å². The van der Waals surface area contributed by atoms with E-state index in [2.05, 4.69) is 30.6 Å². The molecule has 0 bridgehead atoms. The summed E-state index contributed by atoms with van der Waals surface area (Å²) in [6.45, 7) is 0. The van der Waals surface area contributed by atoms with Crippen LogP contribution in [0.15, 0.2) is 48.8 Å². The molecular formula is C21H16Cl2N6O. The van der Waals surface area contributed by atoms with Crippen molar-refractivity contribution in [3.8, 4) is 0 Å². The number of hydrogen-bond acceptors (Lipinski definition) is 5. The third-order valence-corrected chi connectivity index (χ3v) is 5.51. The molecule has 0 saturated heterocycles. The van der Waals surface area contributed by atoms with Crippen LogP contribution >= 0.6 is 23.2 Å². The van der Waals surface area contributed by atoms with E-state index < -0.39 is 0 Å². The predicted octanol–water partition coefficient (Wildman–Crippen LogP) is 5.53. The van der Waals surface area contributed by atoms with Gasteiger partial charge in [-0.2, -0.15) is 0 Å². The first-order valence-electron chi connectivity index (χ1n) is 9.41. The average molecular weight is 439 g/mol. The van der Waals surface area contributed by atoms with Crippen LogP contribution in [0.4, 0.5) is 17.5 Å². The Bertz CT molecular complexity index is 1230. The lowest BCUT2D eigenvalue weighted by Crippen LogP contribution is -2.14. The number of carbonyl (C=O) groups is 1. The van der Waals surface area contributed by atoms with Gasteiger partial charge in [-0.15, -0.1) is 0 Å². The molecule has 7 nitrogen and oxygen atoms in total. The molecule has 0 spiro atoms. The first kappa shape index (κ1) is 18.8. The van der Waals surface area contributed by atoms with Crippen molar-refractivity contribution < 1.29 is 4.79 Å². The molecule has 3 heterocycles. The summed E-state index contributed by atoms with van der Waals surface area (Å²) >= 11 is 12.4. The van der Waals surface area contributed by atoms with Gasteiger partial charge >= 0.3 is 0 Å². The fraction of sp³-hybridized carbons (Fsp3) is 0.143. The maximum absolute atomic E-state index is 12.6. The van der Waals surface area contributed by atoms with Gasteiger partial charge in [-0.25, -0.2) is 15.0 Å². The molecule has 1 aliphatic carbocycles. The van der Waals surface area contributed by atoms with E-state index in [9.17, 15) is 4.79 Å². The number of para-hydroxylation sites is 1. The monoisotopic (exact) mass is 438 g/mol. The molecule has 5 rings (SSSR count). The number of halogens is 2. The van der Waals surface area contributed by atoms with Crippen molar-refractivity contribution in [2.45, 2.75) is 18.8 Å². The lowest BCUT2D eigenvalue weighted by Gasteiger charge is -2.06. The zero-order valence-corrected chi connectivity index (χ0v) is 17.1. The van der Waals surface area contributed by atoms with Crippen LogP contribution in [-0.2, 0) is 0 Å². The molecular weight excluding hydrogens is 423 g/mol. The number of nitrogens with one attached hydrogen (secondary N) is 3. The van der Waals surface area contributed by atoms with Gasteiger partial charge in [0.2, 0.25) is 5.95 Å². The lowest BCUT2D eigenvalue weighted by atomic mass is 10.2. The van der Waals surface area contributed by atoms with E-state index in [0.717, 1.165) is 0 Å². The first-order chi connectivity index (χ1) is 14.6. The van der Waals surface area contributed by atoms with E-state index in [1.54, 1.807) is 30.5 Å². The van der Waals surface area contributed by atoms with Gasteiger partial charge in [0, 0.05) is 6.20 Å². The molecule has 1 aromatic carbocycles. The van der Waals surface area contributed by atoms with Gasteiger partial charge in [-0.1, -0.05) is 35.3 Å². The highest BCUT2D eigenvalue weighted by Gasteiger charge is 2.23. The van der Waals surface area contributed by atoms with Crippen molar-refractivity contribution in [3.63, 3.8) is 0 Å². The van der Waals surface area contributed by atoms with Crippen LogP contribution in [0.25, 0.3) is 11.0 Å². The summed E-state index contributed by atoms with van der Waals surface area (Å²) in [5, 5.41) is 6.79. The van der Waals surface area contributed by atoms with Gasteiger partial charge in [0.25, 0.3) is 5.91 Å². The normalized spacial score (nSPS) is 13.4. The number of rotatable bonds is 5. The smallest absolute Gasteiger partial charge is 0.275 e. The minimum Gasteiger partial charge on any atom is -0.323 e. The number of carbonyl (C=O) groups excluding carboxylic acids is 1. The largest absolute Gasteiger partial charge is 0.323 e. The predicted molar refractivity (Wildman–Crippen MR) is 118 cm³/mol. The van der Waals surface area contributed by atoms with Gasteiger partial charge < -0.3 is 15.6 Å². The van der Waals surface area contributed by atoms with E-state index >= 15 is 0 Å². The Hall–Kier alpha value is -3.16. The van der Waals surface area contributed by atoms with E-state index in [0.29, 0.717) is 44.5 Å². The van der Waals surface area contributed by atoms with E-state index in [4.69, 9.17) is 23.2 Å². The molecule has 1 fully saturated rings. The number of nitrogens with zero attached hydrogens (tertiary/aromatic N) is 3. The summed E-state index contributed by atoms with van der Waals surface area (Å²) in [5.41, 5.74) is 3.25. The van der Waals surface area contributed by atoms with Crippen LogP contribution < -0.4 is 10.6 Å². The van der Waals surface area contributed by atoms with Crippen molar-refractivity contribution in [1.29, 1.82) is 0 Å². The number of anilines is 3. The topological polar surface area (TPSA) is 95.6 Å². The molecule has 30 heavy (non-hydrogen) atoms. The van der Waals surface area contributed by atoms with Crippen molar-refractivity contribution in [3.05, 3.63) is 70.1 Å². The molecule has 0 unspecified atom stereocenters. The van der Waals surface area contributed by atoms with Gasteiger partial charge in [0.1, 0.15) is 11.5 Å². The third-order valence-electron chi connectivity index (χ3n) is 4.88. The molecule has 3 N–H and O–H groups in total. The molecule has 0 aliphatic heterocycles. The van der Waals surface area contributed by atoms with Crippen LogP contribution in [0.3, 0.4) is 0 Å². The molecule has 0 radical (unpaired) electrons. The Morgan fingerprint density at radius 2 is 1.87 bits per heavy atom. The number of amides is 1. The van der Waals surface area contributed by atoms with Crippen molar-refractivity contribution in [2.24, 2.45) is 0 Å². The van der Waals surface area contributed by atoms with Crippen molar-refractivity contribution in [1.82, 2.24) is 19.9 Å². The number of aromatic amines is 1. The molecule has 150 valence electrons. The fourth-order valence-electron chi connectivity index (χ4n) is 3.15. The van der Waals surface area contributed by atoms with Gasteiger partial charge in [0.05, 0.1) is 33.0 Å². The lowest BCUT2D eigenvalue weighted by molar-refractivity contribution is 0.102. The number of pyridine rings is 2. The second kappa shape index (κ2) is 7.59. The van der Waals surface area contributed by atoms with Crippen LogP contribution in [0.2, 0.25) is 10.0 Å². The summed E-state index contributed by atoms with van der Waals surface area (Å²) in [7, 11) is 0. The zero-order chi connectivity index (χ0) is 20.7. The SMILES string of the molecule is O=C(Nc1ccc(C2CC2)cn1)c1cc2nc(Nc3c(Cl)cccc3Cl)[nH]c2cn1. The highest BCUT2D eigenvalue weighted by molar-refractivity contribution is 6.39. The Kier molecular flexibility index (Phi) is 4.77. The number of hydrogen-bond donors (Lipinski definition) is 3. The molecule has 1 amide bonds. The molecule has 4 aromatic rings. The van der Waals surface area contributed by atoms with E-state index in [-0.39, 0.29) is 11.6 Å². The Balaban J connectivity index is 1.34. The summed E-state index contributed by atoms with van der Waals surface area (Å²) in [6, 6.07) is 10.6. The Morgan fingerprint density at radius 3 is 2.57 bits per heavy atom. The van der Waals surface area contributed by atoms with Crippen LogP contribution in [0, 0.1) is 0 Å². The minimum atomic E-state index is -0.352. The summed E-state index contributed by atoms with van der Waals surface area (Å²) < 4.78 is 0. The summed E-state index contributed by atoms with van der Waals surface area (Å²) in [6.07, 6.45) is 5.79. The molecule has 9 heteroatoms. The second-order valence-corrected chi connectivity index (χ2v) is 7.91. The summed E-state index contributed by atoms with van der Waals surface area (Å²) in [4.78, 5) is 28.7. The maximum Gasteiger partial charge on any atom is 0.275 e. The fourth-order valence-corrected chi connectivity index (χ4v) is 3.64. The number of benzene rings is 1. The number of imidazole rings is 1. The quantitative estimate of drug-likeness (QED) is 0.380. The Labute approximate surface area is 181 Å². The zero-order valence-electron chi connectivity index (χ0n) is 15.6. The van der Waals surface area contributed by atoms with Crippen LogP contribution in [-0.4, -0.2) is 25.8 Å². The minimum absolute atomic E-state index is 0.240. The second-order valence-electron chi connectivity index (χ2n) is 7.10. The third kappa shape index (κ3) is 3.81. The number of aromatic nitrogens is 4. The highest BCUT2D eigenvalue weighted by Crippen LogP contribution is 2.39. The van der Waals surface area contributed by atoms with E-state index in [1.807, 2.05) is 18.3 Å². The molecule has 0 atom stereocenters. The molecule has 3 aromatic heterocycles. The first-order valence-corrected chi connectivity index (χ1v) is 10.2. The maximum atomic E-state index is 12.6. The molecule has 1 aliphatic rings. The van der Waals surface area contributed by atoms with Crippen molar-refractivity contribution >= 4 is 57.6 Å². The standard InChI is InChI=1S/C21H16Cl2N6O/c22-13-2-1-3-14(23)19(13)29-21-26-15-8-16(24-10-17(15)27-21)20(30)28-18-7-6-12(9-25-18)11-4-5-11/h1-3,6-11H,4-5H2,(H,25,28,30)(H2,26,27,29). The van der Waals surface area contributed by atoms with Gasteiger partial charge in [0.15, 0.2) is 0 Å². The van der Waals surface area contributed by atoms with E-state index in [1.165, 1.54) is 18.4 Å². The molecule has 1 saturated carbocycles. The Morgan fingerprint density at radius 1 is 1.07 bits per heavy atom. The number of fused-ring (bicyclic) bond motifs is 1. The van der Waals surface area contributed by atoms with Crippen LogP contribution in [0.5, 0.6) is 0 Å². The highest BCUT2D eigenvalue weighted by atomic mass is 35.5.